The molecule has 1 atom stereocenters. The van der Waals surface area contributed by atoms with Gasteiger partial charge in [-0.1, -0.05) is 18.2 Å². The number of carbonyl (C=O) groups is 1. The standard InChI is InChI=1S/C25H22FN3O4/c1-15(16-8-13-21(32-2)22(14-16)33-3)27-25(31)23-24(30)19-6-4-5-7-20(19)29(28-23)18-11-9-17(26)10-12-18/h4-15H,1-3H3,(H,27,31)/t15-/m0/s1. The van der Waals surface area contributed by atoms with E-state index in [-0.39, 0.29) is 5.69 Å². The molecule has 0 radical (unpaired) electrons. The van der Waals surface area contributed by atoms with Gasteiger partial charge < -0.3 is 14.8 Å². The van der Waals surface area contributed by atoms with Crippen LogP contribution in [-0.4, -0.2) is 29.9 Å². The Bertz CT molecular complexity index is 1380. The lowest BCUT2D eigenvalue weighted by molar-refractivity contribution is 0.0932. The number of nitrogens with zero attached hydrogens (tertiary/aromatic N) is 2. The van der Waals surface area contributed by atoms with Crippen molar-refractivity contribution in [1.82, 2.24) is 15.1 Å². The number of fused-ring (bicyclic) bond motifs is 1. The molecule has 0 unspecified atom stereocenters. The lowest BCUT2D eigenvalue weighted by Gasteiger charge is -2.17. The van der Waals surface area contributed by atoms with Crippen molar-refractivity contribution in [3.8, 4) is 17.2 Å². The van der Waals surface area contributed by atoms with E-state index >= 15 is 0 Å². The SMILES string of the molecule is COc1ccc([C@H](C)NC(=O)c2nn(-c3ccc(F)cc3)c3ccccc3c2=O)cc1OC. The van der Waals surface area contributed by atoms with Crippen molar-refractivity contribution >= 4 is 16.8 Å². The average Bonchev–Trinajstić information content (AvgIpc) is 2.84. The number of aromatic nitrogens is 2. The number of benzene rings is 3. The summed E-state index contributed by atoms with van der Waals surface area (Å²) in [6.45, 7) is 1.79. The minimum atomic E-state index is -0.621. The molecular formula is C25H22FN3O4. The minimum Gasteiger partial charge on any atom is -0.493 e. The molecule has 0 saturated heterocycles. The largest absolute Gasteiger partial charge is 0.493 e. The molecule has 0 fully saturated rings. The van der Waals surface area contributed by atoms with Crippen molar-refractivity contribution in [1.29, 1.82) is 0 Å². The second kappa shape index (κ2) is 9.12. The lowest BCUT2D eigenvalue weighted by atomic mass is 10.1. The summed E-state index contributed by atoms with van der Waals surface area (Å²) in [6, 6.07) is 17.4. The Morgan fingerprint density at radius 3 is 2.39 bits per heavy atom. The first kappa shape index (κ1) is 22.0. The summed E-state index contributed by atoms with van der Waals surface area (Å²) in [6.07, 6.45) is 0. The first-order valence-corrected chi connectivity index (χ1v) is 10.2. The number of carbonyl (C=O) groups excluding carboxylic acids is 1. The van der Waals surface area contributed by atoms with Crippen LogP contribution < -0.4 is 20.2 Å². The van der Waals surface area contributed by atoms with E-state index in [2.05, 4.69) is 10.4 Å². The maximum Gasteiger partial charge on any atom is 0.276 e. The maximum atomic E-state index is 13.4. The van der Waals surface area contributed by atoms with E-state index in [0.717, 1.165) is 5.56 Å². The van der Waals surface area contributed by atoms with Crippen LogP contribution in [0.3, 0.4) is 0 Å². The Balaban J connectivity index is 1.73. The monoisotopic (exact) mass is 447 g/mol. The molecule has 8 heteroatoms. The molecule has 0 saturated carbocycles. The van der Waals surface area contributed by atoms with Crippen molar-refractivity contribution in [3.05, 3.63) is 94.0 Å². The second-order valence-corrected chi connectivity index (χ2v) is 7.39. The molecule has 0 bridgehead atoms. The Morgan fingerprint density at radius 2 is 1.70 bits per heavy atom. The van der Waals surface area contributed by atoms with Gasteiger partial charge in [-0.25, -0.2) is 9.07 Å². The van der Waals surface area contributed by atoms with E-state index in [0.29, 0.717) is 28.1 Å². The Hall–Kier alpha value is -4.20. The lowest BCUT2D eigenvalue weighted by Crippen LogP contribution is -2.33. The fraction of sp³-hybridized carbons (Fsp3) is 0.160. The van der Waals surface area contributed by atoms with Gasteiger partial charge >= 0.3 is 0 Å². The van der Waals surface area contributed by atoms with Gasteiger partial charge in [0.15, 0.2) is 17.2 Å². The Labute approximate surface area is 189 Å². The van der Waals surface area contributed by atoms with E-state index in [1.54, 1.807) is 56.5 Å². The van der Waals surface area contributed by atoms with Crippen LogP contribution in [0.1, 0.15) is 29.0 Å². The van der Waals surface area contributed by atoms with Crippen LogP contribution in [0.4, 0.5) is 4.39 Å². The molecule has 1 N–H and O–H groups in total. The highest BCUT2D eigenvalue weighted by molar-refractivity contribution is 5.95. The molecule has 4 aromatic rings. The molecule has 3 aromatic carbocycles. The number of methoxy groups -OCH3 is 2. The quantitative estimate of drug-likeness (QED) is 0.483. The second-order valence-electron chi connectivity index (χ2n) is 7.39. The van der Waals surface area contributed by atoms with E-state index in [4.69, 9.17) is 9.47 Å². The van der Waals surface area contributed by atoms with Crippen molar-refractivity contribution in [2.45, 2.75) is 13.0 Å². The van der Waals surface area contributed by atoms with E-state index in [1.165, 1.54) is 36.1 Å². The van der Waals surface area contributed by atoms with E-state index in [1.807, 2.05) is 0 Å². The zero-order valence-electron chi connectivity index (χ0n) is 18.3. The van der Waals surface area contributed by atoms with Gasteiger partial charge in [0.25, 0.3) is 5.91 Å². The predicted molar refractivity (Wildman–Crippen MR) is 123 cm³/mol. The number of amides is 1. The third kappa shape index (κ3) is 4.27. The zero-order valence-corrected chi connectivity index (χ0v) is 18.3. The predicted octanol–water partition coefficient (Wildman–Crippen LogP) is 4.03. The van der Waals surface area contributed by atoms with Crippen molar-refractivity contribution in [3.63, 3.8) is 0 Å². The normalized spacial score (nSPS) is 11.8. The number of halogens is 1. The number of ether oxygens (including phenoxy) is 2. The Kier molecular flexibility index (Phi) is 6.08. The minimum absolute atomic E-state index is 0.259. The molecule has 0 aliphatic heterocycles. The van der Waals surface area contributed by atoms with Crippen LogP contribution in [0, 0.1) is 5.82 Å². The molecule has 1 aromatic heterocycles. The van der Waals surface area contributed by atoms with Gasteiger partial charge in [-0.3, -0.25) is 9.59 Å². The van der Waals surface area contributed by atoms with E-state index < -0.39 is 23.2 Å². The van der Waals surface area contributed by atoms with Crippen molar-refractivity contribution in [2.75, 3.05) is 14.2 Å². The van der Waals surface area contributed by atoms with Gasteiger partial charge in [-0.2, -0.15) is 5.10 Å². The highest BCUT2D eigenvalue weighted by Gasteiger charge is 2.21. The molecule has 1 heterocycles. The summed E-state index contributed by atoms with van der Waals surface area (Å²) in [4.78, 5) is 26.2. The average molecular weight is 447 g/mol. The Morgan fingerprint density at radius 1 is 1.00 bits per heavy atom. The van der Waals surface area contributed by atoms with Gasteiger partial charge in [0.05, 0.1) is 36.9 Å². The number of nitrogens with one attached hydrogen (secondary N) is 1. The number of hydrogen-bond acceptors (Lipinski definition) is 5. The van der Waals surface area contributed by atoms with E-state index in [9.17, 15) is 14.0 Å². The number of para-hydroxylation sites is 1. The molecule has 0 aliphatic rings. The third-order valence-electron chi connectivity index (χ3n) is 5.33. The summed E-state index contributed by atoms with van der Waals surface area (Å²) in [5.74, 6) is 0.0754. The van der Waals surface area contributed by atoms with Gasteiger partial charge in [-0.15, -0.1) is 0 Å². The van der Waals surface area contributed by atoms with Gasteiger partial charge in [0, 0.05) is 0 Å². The molecular weight excluding hydrogens is 425 g/mol. The van der Waals surface area contributed by atoms with Crippen LogP contribution in [0.15, 0.2) is 71.5 Å². The summed E-state index contributed by atoms with van der Waals surface area (Å²) in [7, 11) is 3.07. The van der Waals surface area contributed by atoms with Gasteiger partial charge in [0.2, 0.25) is 5.43 Å². The smallest absolute Gasteiger partial charge is 0.276 e. The molecule has 0 aliphatic carbocycles. The first-order chi connectivity index (χ1) is 15.9. The molecule has 7 nitrogen and oxygen atoms in total. The van der Waals surface area contributed by atoms with Gasteiger partial charge in [0.1, 0.15) is 5.82 Å². The van der Waals surface area contributed by atoms with Crippen LogP contribution in [0.5, 0.6) is 11.5 Å². The highest BCUT2D eigenvalue weighted by Crippen LogP contribution is 2.30. The van der Waals surface area contributed by atoms with Crippen molar-refractivity contribution in [2.24, 2.45) is 0 Å². The first-order valence-electron chi connectivity index (χ1n) is 10.2. The molecule has 0 spiro atoms. The fourth-order valence-corrected chi connectivity index (χ4v) is 3.58. The van der Waals surface area contributed by atoms with Crippen molar-refractivity contribution < 1.29 is 18.7 Å². The van der Waals surface area contributed by atoms with Crippen LogP contribution in [0.25, 0.3) is 16.6 Å². The zero-order chi connectivity index (χ0) is 23.5. The summed E-state index contributed by atoms with van der Waals surface area (Å²) >= 11 is 0. The van der Waals surface area contributed by atoms with Crippen LogP contribution >= 0.6 is 0 Å². The molecule has 168 valence electrons. The summed E-state index contributed by atoms with van der Waals surface area (Å²) in [5.41, 5.74) is 1.06. The summed E-state index contributed by atoms with van der Waals surface area (Å²) in [5, 5.41) is 7.49. The highest BCUT2D eigenvalue weighted by atomic mass is 19.1. The van der Waals surface area contributed by atoms with Crippen LogP contribution in [0.2, 0.25) is 0 Å². The molecule has 4 rings (SSSR count). The number of rotatable bonds is 6. The third-order valence-corrected chi connectivity index (χ3v) is 5.33. The maximum absolute atomic E-state index is 13.4. The van der Waals surface area contributed by atoms with Gasteiger partial charge in [-0.05, 0) is 61.0 Å². The topological polar surface area (TPSA) is 82.5 Å². The molecule has 1 amide bonds. The van der Waals surface area contributed by atoms with Crippen LogP contribution in [-0.2, 0) is 0 Å². The summed E-state index contributed by atoms with van der Waals surface area (Å²) < 4.78 is 25.5. The fourth-order valence-electron chi connectivity index (χ4n) is 3.58. The molecule has 33 heavy (non-hydrogen) atoms. The number of hydrogen-bond donors (Lipinski definition) is 1.